The number of nitrogens with zero attached hydrogens (tertiary/aromatic N) is 4. The number of hydrogen-bond donors (Lipinski definition) is 1. The lowest BCUT2D eigenvalue weighted by molar-refractivity contribution is -0.389. The van der Waals surface area contributed by atoms with E-state index in [4.69, 9.17) is 5.11 Å². The summed E-state index contributed by atoms with van der Waals surface area (Å²) in [5.41, 5.74) is 0. The zero-order chi connectivity index (χ0) is 17.7. The van der Waals surface area contributed by atoms with Crippen LogP contribution in [0.5, 0.6) is 0 Å². The van der Waals surface area contributed by atoms with Crippen LogP contribution < -0.4 is 0 Å². The Morgan fingerprint density at radius 1 is 1.42 bits per heavy atom. The van der Waals surface area contributed by atoms with E-state index in [0.717, 1.165) is 19.3 Å². The van der Waals surface area contributed by atoms with Crippen molar-refractivity contribution in [2.75, 3.05) is 6.54 Å². The van der Waals surface area contributed by atoms with Gasteiger partial charge in [-0.3, -0.25) is 9.59 Å². The SMILES string of the molecule is Cc1nc([N+](=O)[O-])cn1CCC(=O)N1CCCCC1CCC(=O)O. The van der Waals surface area contributed by atoms with Gasteiger partial charge in [0.1, 0.15) is 6.20 Å². The number of aromatic nitrogens is 2. The second-order valence-corrected chi connectivity index (χ2v) is 6.02. The smallest absolute Gasteiger partial charge is 0.381 e. The molecule has 1 aliphatic rings. The number of amides is 1. The Labute approximate surface area is 139 Å². The minimum absolute atomic E-state index is 0.0272. The Morgan fingerprint density at radius 3 is 2.79 bits per heavy atom. The quantitative estimate of drug-likeness (QED) is 0.597. The molecule has 1 aromatic rings. The molecule has 24 heavy (non-hydrogen) atoms. The first-order valence-electron chi connectivity index (χ1n) is 8.08. The van der Waals surface area contributed by atoms with Crippen LogP contribution in [0.4, 0.5) is 5.82 Å². The normalized spacial score (nSPS) is 17.7. The molecule has 1 saturated heterocycles. The van der Waals surface area contributed by atoms with Crippen LogP contribution in [0.2, 0.25) is 0 Å². The van der Waals surface area contributed by atoms with Crippen molar-refractivity contribution in [3.8, 4) is 0 Å². The lowest BCUT2D eigenvalue weighted by atomic mass is 9.97. The summed E-state index contributed by atoms with van der Waals surface area (Å²) >= 11 is 0. The number of rotatable bonds is 7. The highest BCUT2D eigenvalue weighted by Gasteiger charge is 2.27. The topological polar surface area (TPSA) is 119 Å². The van der Waals surface area contributed by atoms with Crippen LogP contribution in [0.15, 0.2) is 6.20 Å². The minimum atomic E-state index is -0.852. The van der Waals surface area contributed by atoms with Crippen LogP contribution in [-0.4, -0.2) is 48.9 Å². The van der Waals surface area contributed by atoms with Crippen LogP contribution in [-0.2, 0) is 16.1 Å². The molecule has 1 fully saturated rings. The fourth-order valence-electron chi connectivity index (χ4n) is 3.08. The van der Waals surface area contributed by atoms with Crippen molar-refractivity contribution in [2.45, 2.75) is 58.0 Å². The number of likely N-dealkylation sites (tertiary alicyclic amines) is 1. The maximum Gasteiger partial charge on any atom is 0.381 e. The summed E-state index contributed by atoms with van der Waals surface area (Å²) in [6, 6.07) is -0.0272. The van der Waals surface area contributed by atoms with Gasteiger partial charge in [-0.05, 0) is 35.6 Å². The Morgan fingerprint density at radius 2 is 2.17 bits per heavy atom. The molecule has 0 radical (unpaired) electrons. The molecule has 1 atom stereocenters. The van der Waals surface area contributed by atoms with E-state index in [1.54, 1.807) is 16.4 Å². The van der Waals surface area contributed by atoms with Crippen molar-refractivity contribution in [3.05, 3.63) is 22.1 Å². The molecule has 1 aromatic heterocycles. The molecule has 1 aliphatic heterocycles. The maximum atomic E-state index is 12.5. The van der Waals surface area contributed by atoms with E-state index >= 15 is 0 Å². The summed E-state index contributed by atoms with van der Waals surface area (Å²) in [5, 5.41) is 19.6. The third-order valence-corrected chi connectivity index (χ3v) is 4.36. The fraction of sp³-hybridized carbons (Fsp3) is 0.667. The highest BCUT2D eigenvalue weighted by molar-refractivity contribution is 5.76. The van der Waals surface area contributed by atoms with Gasteiger partial charge in [-0.2, -0.15) is 0 Å². The number of hydrogen-bond acceptors (Lipinski definition) is 5. The average molecular weight is 338 g/mol. The zero-order valence-corrected chi connectivity index (χ0v) is 13.7. The molecule has 1 N–H and O–H groups in total. The summed E-state index contributed by atoms with van der Waals surface area (Å²) in [4.78, 5) is 39.0. The van der Waals surface area contributed by atoms with E-state index in [1.807, 2.05) is 0 Å². The number of carbonyl (C=O) groups is 2. The fourth-order valence-corrected chi connectivity index (χ4v) is 3.08. The number of carboxylic acids is 1. The van der Waals surface area contributed by atoms with Gasteiger partial charge in [0.05, 0.1) is 0 Å². The first kappa shape index (κ1) is 17.9. The zero-order valence-electron chi connectivity index (χ0n) is 13.7. The molecule has 0 saturated carbocycles. The summed E-state index contributed by atoms with van der Waals surface area (Å²) in [6.07, 6.45) is 4.83. The predicted molar refractivity (Wildman–Crippen MR) is 84.5 cm³/mol. The van der Waals surface area contributed by atoms with Crippen LogP contribution in [0.1, 0.15) is 44.3 Å². The van der Waals surface area contributed by atoms with Gasteiger partial charge >= 0.3 is 11.8 Å². The molecule has 9 nitrogen and oxygen atoms in total. The first-order chi connectivity index (χ1) is 11.4. The number of imidazole rings is 1. The summed E-state index contributed by atoms with van der Waals surface area (Å²) < 4.78 is 1.60. The number of carbonyl (C=O) groups excluding carboxylic acids is 1. The highest BCUT2D eigenvalue weighted by atomic mass is 16.6. The molecular weight excluding hydrogens is 316 g/mol. The predicted octanol–water partition coefficient (Wildman–Crippen LogP) is 1.74. The van der Waals surface area contributed by atoms with Crippen LogP contribution in [0.25, 0.3) is 0 Å². The van der Waals surface area contributed by atoms with Gasteiger partial charge in [0.15, 0.2) is 0 Å². The maximum absolute atomic E-state index is 12.5. The van der Waals surface area contributed by atoms with Gasteiger partial charge in [0.2, 0.25) is 11.7 Å². The van der Waals surface area contributed by atoms with Crippen molar-refractivity contribution < 1.29 is 19.6 Å². The number of aryl methyl sites for hydroxylation is 2. The lowest BCUT2D eigenvalue weighted by Gasteiger charge is -2.35. The molecular formula is C15H22N4O5. The Bertz CT molecular complexity index is 627. The first-order valence-corrected chi connectivity index (χ1v) is 8.08. The van der Waals surface area contributed by atoms with Gasteiger partial charge < -0.3 is 24.7 Å². The summed E-state index contributed by atoms with van der Waals surface area (Å²) in [7, 11) is 0. The van der Waals surface area contributed by atoms with E-state index < -0.39 is 10.9 Å². The van der Waals surface area contributed by atoms with Gasteiger partial charge in [-0.1, -0.05) is 0 Å². The second kappa shape index (κ2) is 7.89. The molecule has 0 bridgehead atoms. The molecule has 0 aliphatic carbocycles. The molecule has 0 spiro atoms. The molecule has 132 valence electrons. The average Bonchev–Trinajstić information content (AvgIpc) is 2.92. The lowest BCUT2D eigenvalue weighted by Crippen LogP contribution is -2.44. The van der Waals surface area contributed by atoms with Crippen LogP contribution >= 0.6 is 0 Å². The summed E-state index contributed by atoms with van der Waals surface area (Å²) in [5.74, 6) is -0.622. The van der Waals surface area contributed by atoms with E-state index in [9.17, 15) is 19.7 Å². The van der Waals surface area contributed by atoms with E-state index in [-0.39, 0.29) is 30.6 Å². The van der Waals surface area contributed by atoms with Crippen molar-refractivity contribution >= 4 is 17.7 Å². The minimum Gasteiger partial charge on any atom is -0.481 e. The van der Waals surface area contributed by atoms with Crippen molar-refractivity contribution in [2.24, 2.45) is 0 Å². The van der Waals surface area contributed by atoms with Crippen molar-refractivity contribution in [3.63, 3.8) is 0 Å². The molecule has 1 unspecified atom stereocenters. The standard InChI is InChI=1S/C15H22N4O5/c1-11-16-13(19(23)24)10-17(11)9-7-14(20)18-8-3-2-4-12(18)5-6-15(21)22/h10,12H,2-9H2,1H3,(H,21,22). The third-order valence-electron chi connectivity index (χ3n) is 4.36. The Kier molecular flexibility index (Phi) is 5.88. The molecule has 2 heterocycles. The molecule has 2 rings (SSSR count). The Balaban J connectivity index is 1.94. The van der Waals surface area contributed by atoms with Crippen molar-refractivity contribution in [1.82, 2.24) is 14.5 Å². The monoisotopic (exact) mass is 338 g/mol. The van der Waals surface area contributed by atoms with Crippen molar-refractivity contribution in [1.29, 1.82) is 0 Å². The van der Waals surface area contributed by atoms with Crippen LogP contribution in [0, 0.1) is 17.0 Å². The van der Waals surface area contributed by atoms with E-state index in [1.165, 1.54) is 6.20 Å². The van der Waals surface area contributed by atoms with Gasteiger partial charge in [-0.15, -0.1) is 0 Å². The van der Waals surface area contributed by atoms with Crippen LogP contribution in [0.3, 0.4) is 0 Å². The van der Waals surface area contributed by atoms with Gasteiger partial charge in [0.25, 0.3) is 0 Å². The highest BCUT2D eigenvalue weighted by Crippen LogP contribution is 2.22. The number of carboxylic acid groups (broad SMARTS) is 1. The Hall–Kier alpha value is -2.45. The molecule has 9 heteroatoms. The summed E-state index contributed by atoms with van der Waals surface area (Å²) in [6.45, 7) is 2.63. The molecule has 0 aromatic carbocycles. The van der Waals surface area contributed by atoms with Gasteiger partial charge in [-0.25, -0.2) is 0 Å². The second-order valence-electron chi connectivity index (χ2n) is 6.02. The third kappa shape index (κ3) is 4.53. The number of piperidine rings is 1. The van der Waals surface area contributed by atoms with Gasteiger partial charge in [0, 0.05) is 38.9 Å². The molecule has 1 amide bonds. The number of aliphatic carboxylic acids is 1. The van der Waals surface area contributed by atoms with E-state index in [2.05, 4.69) is 4.98 Å². The largest absolute Gasteiger partial charge is 0.481 e. The van der Waals surface area contributed by atoms with E-state index in [0.29, 0.717) is 25.3 Å². The number of nitro groups is 1.